The van der Waals surface area contributed by atoms with Crippen LogP contribution in [0.1, 0.15) is 37.4 Å². The Morgan fingerprint density at radius 1 is 1.43 bits per heavy atom. The molecule has 14 heavy (non-hydrogen) atoms. The highest BCUT2D eigenvalue weighted by Gasteiger charge is 2.16. The van der Waals surface area contributed by atoms with Crippen LogP contribution >= 0.6 is 0 Å². The monoisotopic (exact) mass is 193 g/mol. The molecule has 78 valence electrons. The average Bonchev–Trinajstić information content (AvgIpc) is 2.19. The van der Waals surface area contributed by atoms with Gasteiger partial charge in [0.2, 0.25) is 0 Å². The van der Waals surface area contributed by atoms with Crippen LogP contribution in [-0.4, -0.2) is 5.11 Å². The van der Waals surface area contributed by atoms with Gasteiger partial charge in [0.1, 0.15) is 5.75 Å². The summed E-state index contributed by atoms with van der Waals surface area (Å²) in [6.45, 7) is 6.22. The van der Waals surface area contributed by atoms with Crippen LogP contribution in [0.4, 0.5) is 0 Å². The van der Waals surface area contributed by atoms with E-state index in [1.165, 1.54) is 0 Å². The van der Waals surface area contributed by atoms with Crippen LogP contribution in [0.2, 0.25) is 0 Å². The van der Waals surface area contributed by atoms with Crippen LogP contribution in [0.15, 0.2) is 18.2 Å². The lowest BCUT2D eigenvalue weighted by molar-refractivity contribution is 0.419. The number of rotatable bonds is 3. The molecule has 0 spiro atoms. The molecule has 0 aliphatic rings. The summed E-state index contributed by atoms with van der Waals surface area (Å²) in [5.41, 5.74) is 8.05. The van der Waals surface area contributed by atoms with Crippen LogP contribution in [0.3, 0.4) is 0 Å². The molecular weight excluding hydrogens is 174 g/mol. The van der Waals surface area contributed by atoms with E-state index in [4.69, 9.17) is 5.73 Å². The zero-order valence-corrected chi connectivity index (χ0v) is 9.12. The Morgan fingerprint density at radius 2 is 2.07 bits per heavy atom. The maximum absolute atomic E-state index is 9.67. The number of hydrogen-bond donors (Lipinski definition) is 2. The van der Waals surface area contributed by atoms with E-state index in [9.17, 15) is 5.11 Å². The lowest BCUT2D eigenvalue weighted by Gasteiger charge is -2.20. The van der Waals surface area contributed by atoms with Gasteiger partial charge >= 0.3 is 0 Å². The molecule has 0 aromatic heterocycles. The van der Waals surface area contributed by atoms with E-state index in [-0.39, 0.29) is 6.04 Å². The zero-order chi connectivity index (χ0) is 10.7. The molecule has 0 bridgehead atoms. The Hall–Kier alpha value is -1.02. The van der Waals surface area contributed by atoms with E-state index >= 15 is 0 Å². The predicted molar refractivity (Wildman–Crippen MR) is 59.2 cm³/mol. The molecule has 0 heterocycles. The molecule has 0 aliphatic carbocycles. The standard InChI is InChI=1S/C12H19NO/c1-4-9(3)12(13)10-7-8(2)5-6-11(10)14/h5-7,9,12,14H,4,13H2,1-3H3/t9?,12-/m0/s1. The smallest absolute Gasteiger partial charge is 0.120 e. The van der Waals surface area contributed by atoms with E-state index in [0.717, 1.165) is 17.5 Å². The van der Waals surface area contributed by atoms with Crippen LogP contribution in [0.25, 0.3) is 0 Å². The number of nitrogens with two attached hydrogens (primary N) is 1. The third kappa shape index (κ3) is 2.26. The normalized spacial score (nSPS) is 15.1. The van der Waals surface area contributed by atoms with Crippen molar-refractivity contribution < 1.29 is 5.11 Å². The van der Waals surface area contributed by atoms with Crippen LogP contribution < -0.4 is 5.73 Å². The van der Waals surface area contributed by atoms with Crippen molar-refractivity contribution in [3.8, 4) is 5.75 Å². The summed E-state index contributed by atoms with van der Waals surface area (Å²) in [4.78, 5) is 0. The fourth-order valence-electron chi connectivity index (χ4n) is 1.50. The minimum absolute atomic E-state index is 0.0695. The molecule has 0 saturated carbocycles. The fraction of sp³-hybridized carbons (Fsp3) is 0.500. The van der Waals surface area contributed by atoms with Gasteiger partial charge in [0.15, 0.2) is 0 Å². The molecule has 2 nitrogen and oxygen atoms in total. The molecule has 2 heteroatoms. The zero-order valence-electron chi connectivity index (χ0n) is 9.12. The summed E-state index contributed by atoms with van der Waals surface area (Å²) >= 11 is 0. The highest BCUT2D eigenvalue weighted by atomic mass is 16.3. The Labute approximate surface area is 85.8 Å². The number of aromatic hydroxyl groups is 1. The molecule has 1 unspecified atom stereocenters. The summed E-state index contributed by atoms with van der Waals surface area (Å²) in [6, 6.07) is 5.50. The van der Waals surface area contributed by atoms with E-state index in [2.05, 4.69) is 13.8 Å². The van der Waals surface area contributed by atoms with E-state index in [1.54, 1.807) is 6.07 Å². The van der Waals surface area contributed by atoms with Gasteiger partial charge in [-0.2, -0.15) is 0 Å². The number of aryl methyl sites for hydroxylation is 1. The molecular formula is C12H19NO. The topological polar surface area (TPSA) is 46.2 Å². The van der Waals surface area contributed by atoms with Crippen LogP contribution in [0, 0.1) is 12.8 Å². The van der Waals surface area contributed by atoms with Gasteiger partial charge in [-0.25, -0.2) is 0 Å². The van der Waals surface area contributed by atoms with Gasteiger partial charge in [0, 0.05) is 11.6 Å². The summed E-state index contributed by atoms with van der Waals surface area (Å²) in [7, 11) is 0. The maximum atomic E-state index is 9.67. The fourth-order valence-corrected chi connectivity index (χ4v) is 1.50. The van der Waals surface area contributed by atoms with Crippen LogP contribution in [-0.2, 0) is 0 Å². The Kier molecular flexibility index (Phi) is 3.53. The van der Waals surface area contributed by atoms with Gasteiger partial charge in [0.05, 0.1) is 0 Å². The van der Waals surface area contributed by atoms with Crippen molar-refractivity contribution in [3.63, 3.8) is 0 Å². The summed E-state index contributed by atoms with van der Waals surface area (Å²) in [5.74, 6) is 0.700. The molecule has 0 amide bonds. The predicted octanol–water partition coefficient (Wildman–Crippen LogP) is 2.75. The van der Waals surface area contributed by atoms with Gasteiger partial charge in [-0.1, -0.05) is 38.0 Å². The van der Waals surface area contributed by atoms with Crippen molar-refractivity contribution in [3.05, 3.63) is 29.3 Å². The molecule has 0 radical (unpaired) electrons. The summed E-state index contributed by atoms with van der Waals surface area (Å²) in [5, 5.41) is 9.67. The van der Waals surface area contributed by atoms with Crippen molar-refractivity contribution in [1.82, 2.24) is 0 Å². The van der Waals surface area contributed by atoms with Crippen LogP contribution in [0.5, 0.6) is 5.75 Å². The lowest BCUT2D eigenvalue weighted by atomic mass is 9.92. The SMILES string of the molecule is CCC(C)[C@H](N)c1cc(C)ccc1O. The van der Waals surface area contributed by atoms with Gasteiger partial charge in [-0.3, -0.25) is 0 Å². The molecule has 0 saturated heterocycles. The highest BCUT2D eigenvalue weighted by Crippen LogP contribution is 2.29. The molecule has 1 aromatic carbocycles. The Morgan fingerprint density at radius 3 is 2.64 bits per heavy atom. The molecule has 0 fully saturated rings. The first kappa shape index (κ1) is 11.1. The molecule has 1 aromatic rings. The second-order valence-corrected chi connectivity index (χ2v) is 3.97. The number of hydrogen-bond acceptors (Lipinski definition) is 2. The van der Waals surface area contributed by atoms with Gasteiger partial charge < -0.3 is 10.8 Å². The van der Waals surface area contributed by atoms with Crippen molar-refractivity contribution in [2.45, 2.75) is 33.2 Å². The number of phenolic OH excluding ortho intramolecular Hbond substituents is 1. The van der Waals surface area contributed by atoms with Crippen molar-refractivity contribution in [1.29, 1.82) is 0 Å². The molecule has 3 N–H and O–H groups in total. The second-order valence-electron chi connectivity index (χ2n) is 3.97. The summed E-state index contributed by atoms with van der Waals surface area (Å²) in [6.07, 6.45) is 1.02. The minimum atomic E-state index is -0.0695. The lowest BCUT2D eigenvalue weighted by Crippen LogP contribution is -2.18. The first-order valence-electron chi connectivity index (χ1n) is 5.11. The largest absolute Gasteiger partial charge is 0.508 e. The van der Waals surface area contributed by atoms with Gasteiger partial charge in [-0.15, -0.1) is 0 Å². The first-order valence-corrected chi connectivity index (χ1v) is 5.11. The average molecular weight is 193 g/mol. The van der Waals surface area contributed by atoms with Gasteiger partial charge in [0.25, 0.3) is 0 Å². The molecule has 2 atom stereocenters. The second kappa shape index (κ2) is 4.47. The third-order valence-electron chi connectivity index (χ3n) is 2.80. The molecule has 1 rings (SSSR count). The minimum Gasteiger partial charge on any atom is -0.508 e. The number of phenols is 1. The highest BCUT2D eigenvalue weighted by molar-refractivity contribution is 5.38. The summed E-state index contributed by atoms with van der Waals surface area (Å²) < 4.78 is 0. The van der Waals surface area contributed by atoms with Crippen molar-refractivity contribution >= 4 is 0 Å². The van der Waals surface area contributed by atoms with E-state index < -0.39 is 0 Å². The van der Waals surface area contributed by atoms with Crippen molar-refractivity contribution in [2.75, 3.05) is 0 Å². The van der Waals surface area contributed by atoms with E-state index in [0.29, 0.717) is 11.7 Å². The quantitative estimate of drug-likeness (QED) is 0.775. The third-order valence-corrected chi connectivity index (χ3v) is 2.80. The Balaban J connectivity index is 2.99. The maximum Gasteiger partial charge on any atom is 0.120 e. The van der Waals surface area contributed by atoms with Gasteiger partial charge in [-0.05, 0) is 18.9 Å². The first-order chi connectivity index (χ1) is 6.56. The number of benzene rings is 1. The Bertz CT molecular complexity index is 309. The molecule has 0 aliphatic heterocycles. The van der Waals surface area contributed by atoms with Crippen molar-refractivity contribution in [2.24, 2.45) is 11.7 Å². The van der Waals surface area contributed by atoms with E-state index in [1.807, 2.05) is 19.1 Å².